The summed E-state index contributed by atoms with van der Waals surface area (Å²) in [7, 11) is 0. The number of aromatic nitrogens is 2. The van der Waals surface area contributed by atoms with Gasteiger partial charge in [-0.2, -0.15) is 5.10 Å². The highest BCUT2D eigenvalue weighted by atomic mass is 15.3. The van der Waals surface area contributed by atoms with Crippen LogP contribution in [0.3, 0.4) is 0 Å². The van der Waals surface area contributed by atoms with Crippen LogP contribution in [0, 0.1) is 5.41 Å². The highest BCUT2D eigenvalue weighted by Crippen LogP contribution is 2.41. The Morgan fingerprint density at radius 1 is 1.29 bits per heavy atom. The van der Waals surface area contributed by atoms with Gasteiger partial charge in [-0.15, -0.1) is 0 Å². The van der Waals surface area contributed by atoms with Crippen molar-refractivity contribution < 1.29 is 0 Å². The second-order valence-electron chi connectivity index (χ2n) is 7.31. The van der Waals surface area contributed by atoms with Gasteiger partial charge in [0.1, 0.15) is 0 Å². The van der Waals surface area contributed by atoms with E-state index in [1.54, 1.807) is 0 Å². The van der Waals surface area contributed by atoms with Crippen molar-refractivity contribution in [2.24, 2.45) is 5.41 Å². The number of rotatable bonds is 6. The molecule has 1 saturated carbocycles. The van der Waals surface area contributed by atoms with Crippen molar-refractivity contribution in [2.75, 3.05) is 6.54 Å². The lowest BCUT2D eigenvalue weighted by molar-refractivity contribution is 0.132. The molecule has 1 N–H and O–H groups in total. The summed E-state index contributed by atoms with van der Waals surface area (Å²) in [6, 6.07) is 3.39. The molecule has 0 radical (unpaired) electrons. The zero-order valence-electron chi connectivity index (χ0n) is 14.6. The van der Waals surface area contributed by atoms with Crippen LogP contribution in [0.5, 0.6) is 0 Å². The predicted molar refractivity (Wildman–Crippen MR) is 89.7 cm³/mol. The Hall–Kier alpha value is -0.830. The van der Waals surface area contributed by atoms with E-state index in [-0.39, 0.29) is 0 Å². The van der Waals surface area contributed by atoms with E-state index in [2.05, 4.69) is 50.7 Å². The molecule has 3 heteroatoms. The molecule has 1 aliphatic rings. The normalized spacial score (nSPS) is 25.2. The van der Waals surface area contributed by atoms with Gasteiger partial charge >= 0.3 is 0 Å². The predicted octanol–water partition coefficient (Wildman–Crippen LogP) is 4.13. The lowest BCUT2D eigenvalue weighted by Gasteiger charge is -2.41. The second-order valence-corrected chi connectivity index (χ2v) is 7.31. The maximum atomic E-state index is 4.92. The minimum absolute atomic E-state index is 0.429. The topological polar surface area (TPSA) is 29.9 Å². The molecule has 0 amide bonds. The Balaban J connectivity index is 2.27. The smallest absolute Gasteiger partial charge is 0.0680 e. The molecule has 1 aromatic heterocycles. The van der Waals surface area contributed by atoms with Crippen LogP contribution < -0.4 is 5.32 Å². The minimum Gasteiger partial charge on any atom is -0.312 e. The van der Waals surface area contributed by atoms with Crippen LogP contribution in [0.1, 0.15) is 77.7 Å². The Kier molecular flexibility index (Phi) is 5.48. The van der Waals surface area contributed by atoms with Crippen LogP contribution >= 0.6 is 0 Å². The third-order valence-electron chi connectivity index (χ3n) is 4.92. The van der Waals surface area contributed by atoms with E-state index in [1.165, 1.54) is 37.1 Å². The fraction of sp³-hybridized carbons (Fsp3) is 0.833. The standard InChI is InChI=1S/C18H33N3/c1-6-11-19-16-9-10-18(4,5)13-17(16)21-15(8-3)12-14(7-2)20-21/h12,16-17,19H,6-11,13H2,1-5H3. The molecule has 21 heavy (non-hydrogen) atoms. The van der Waals surface area contributed by atoms with Gasteiger partial charge in [0.15, 0.2) is 0 Å². The summed E-state index contributed by atoms with van der Waals surface area (Å²) in [5.74, 6) is 0. The van der Waals surface area contributed by atoms with Crippen LogP contribution in [-0.4, -0.2) is 22.4 Å². The summed E-state index contributed by atoms with van der Waals surface area (Å²) in [5.41, 5.74) is 3.07. The van der Waals surface area contributed by atoms with Crippen LogP contribution in [-0.2, 0) is 12.8 Å². The third-order valence-corrected chi connectivity index (χ3v) is 4.92. The van der Waals surface area contributed by atoms with E-state index in [0.717, 1.165) is 19.4 Å². The van der Waals surface area contributed by atoms with Gasteiger partial charge in [-0.1, -0.05) is 34.6 Å². The molecule has 0 aromatic carbocycles. The average Bonchev–Trinajstić information content (AvgIpc) is 2.88. The summed E-state index contributed by atoms with van der Waals surface area (Å²) >= 11 is 0. The summed E-state index contributed by atoms with van der Waals surface area (Å²) in [6.07, 6.45) is 7.11. The summed E-state index contributed by atoms with van der Waals surface area (Å²) < 4.78 is 2.35. The van der Waals surface area contributed by atoms with E-state index in [0.29, 0.717) is 17.5 Å². The zero-order valence-corrected chi connectivity index (χ0v) is 14.6. The highest BCUT2D eigenvalue weighted by Gasteiger charge is 2.36. The molecule has 3 nitrogen and oxygen atoms in total. The Morgan fingerprint density at radius 3 is 2.67 bits per heavy atom. The van der Waals surface area contributed by atoms with Crippen molar-refractivity contribution in [2.45, 2.75) is 85.2 Å². The van der Waals surface area contributed by atoms with E-state index < -0.39 is 0 Å². The molecule has 0 spiro atoms. The molecule has 0 saturated heterocycles. The molecule has 1 aromatic rings. The number of aryl methyl sites for hydroxylation is 2. The van der Waals surface area contributed by atoms with Gasteiger partial charge < -0.3 is 5.32 Å². The zero-order chi connectivity index (χ0) is 15.5. The molecule has 1 aliphatic carbocycles. The highest BCUT2D eigenvalue weighted by molar-refractivity contribution is 5.12. The van der Waals surface area contributed by atoms with Crippen LogP contribution in [0.2, 0.25) is 0 Å². The number of nitrogens with zero attached hydrogens (tertiary/aromatic N) is 2. The van der Waals surface area contributed by atoms with E-state index >= 15 is 0 Å². The van der Waals surface area contributed by atoms with E-state index in [9.17, 15) is 0 Å². The van der Waals surface area contributed by atoms with Crippen molar-refractivity contribution >= 4 is 0 Å². The molecule has 120 valence electrons. The molecule has 0 bridgehead atoms. The summed E-state index contributed by atoms with van der Waals surface area (Å²) in [6.45, 7) is 12.6. The first-order valence-corrected chi connectivity index (χ1v) is 8.81. The molecule has 2 unspecified atom stereocenters. The third kappa shape index (κ3) is 3.88. The molecule has 2 atom stereocenters. The maximum absolute atomic E-state index is 4.92. The first-order chi connectivity index (χ1) is 10.0. The van der Waals surface area contributed by atoms with Crippen molar-refractivity contribution in [3.8, 4) is 0 Å². The molecule has 1 fully saturated rings. The molecular formula is C18H33N3. The fourth-order valence-electron chi connectivity index (χ4n) is 3.59. The minimum atomic E-state index is 0.429. The number of hydrogen-bond donors (Lipinski definition) is 1. The first kappa shape index (κ1) is 16.5. The monoisotopic (exact) mass is 291 g/mol. The molecule has 2 rings (SSSR count). The van der Waals surface area contributed by atoms with E-state index in [4.69, 9.17) is 5.10 Å². The van der Waals surface area contributed by atoms with Crippen molar-refractivity contribution in [3.63, 3.8) is 0 Å². The Morgan fingerprint density at radius 2 is 2.05 bits per heavy atom. The quantitative estimate of drug-likeness (QED) is 0.854. The number of hydrogen-bond acceptors (Lipinski definition) is 2. The van der Waals surface area contributed by atoms with Crippen molar-refractivity contribution in [3.05, 3.63) is 17.5 Å². The van der Waals surface area contributed by atoms with Crippen molar-refractivity contribution in [1.29, 1.82) is 0 Å². The lowest BCUT2D eigenvalue weighted by Crippen LogP contribution is -2.45. The Labute approximate surface area is 130 Å². The van der Waals surface area contributed by atoms with Gasteiger partial charge in [0.25, 0.3) is 0 Å². The van der Waals surface area contributed by atoms with E-state index in [1.807, 2.05) is 0 Å². The van der Waals surface area contributed by atoms with Gasteiger partial charge in [0.05, 0.1) is 11.7 Å². The van der Waals surface area contributed by atoms with Gasteiger partial charge in [-0.05, 0) is 56.6 Å². The van der Waals surface area contributed by atoms with Crippen LogP contribution in [0.15, 0.2) is 6.07 Å². The second kappa shape index (κ2) is 6.95. The maximum Gasteiger partial charge on any atom is 0.0680 e. The lowest BCUT2D eigenvalue weighted by atomic mass is 9.73. The molecule has 0 aliphatic heterocycles. The van der Waals surface area contributed by atoms with Gasteiger partial charge in [0, 0.05) is 11.7 Å². The van der Waals surface area contributed by atoms with Crippen molar-refractivity contribution in [1.82, 2.24) is 15.1 Å². The average molecular weight is 291 g/mol. The summed E-state index contributed by atoms with van der Waals surface area (Å²) in [4.78, 5) is 0. The van der Waals surface area contributed by atoms with Gasteiger partial charge in [-0.3, -0.25) is 4.68 Å². The van der Waals surface area contributed by atoms with Crippen LogP contribution in [0.4, 0.5) is 0 Å². The first-order valence-electron chi connectivity index (χ1n) is 8.81. The van der Waals surface area contributed by atoms with Crippen LogP contribution in [0.25, 0.3) is 0 Å². The molecular weight excluding hydrogens is 258 g/mol. The largest absolute Gasteiger partial charge is 0.312 e. The molecule has 1 heterocycles. The fourth-order valence-corrected chi connectivity index (χ4v) is 3.59. The number of nitrogens with one attached hydrogen (secondary N) is 1. The summed E-state index contributed by atoms with van der Waals surface area (Å²) in [5, 5.41) is 8.70. The van der Waals surface area contributed by atoms with Gasteiger partial charge in [0.2, 0.25) is 0 Å². The Bertz CT molecular complexity index is 447. The SMILES string of the molecule is CCCNC1CCC(C)(C)CC1n1nc(CC)cc1CC. The van der Waals surface area contributed by atoms with Gasteiger partial charge in [-0.25, -0.2) is 0 Å².